The highest BCUT2D eigenvalue weighted by atomic mass is 32.2. The number of benzene rings is 2. The van der Waals surface area contributed by atoms with Crippen LogP contribution in [0.2, 0.25) is 0 Å². The van der Waals surface area contributed by atoms with E-state index < -0.39 is 0 Å². The first kappa shape index (κ1) is 14.0. The van der Waals surface area contributed by atoms with Gasteiger partial charge in [0, 0.05) is 18.1 Å². The third kappa shape index (κ3) is 3.12. The first-order valence-electron chi connectivity index (χ1n) is 7.30. The molecule has 114 valence electrons. The van der Waals surface area contributed by atoms with Crippen LogP contribution in [0.15, 0.2) is 66.1 Å². The molecule has 0 fully saturated rings. The van der Waals surface area contributed by atoms with Gasteiger partial charge in [-0.2, -0.15) is 4.98 Å². The molecule has 0 saturated carbocycles. The average Bonchev–Trinajstić information content (AvgIpc) is 3.01. The van der Waals surface area contributed by atoms with Crippen molar-refractivity contribution in [2.24, 2.45) is 0 Å². The monoisotopic (exact) mass is 322 g/mol. The highest BCUT2D eigenvalue weighted by molar-refractivity contribution is 7.99. The van der Waals surface area contributed by atoms with E-state index in [1.54, 1.807) is 22.5 Å². The molecule has 2 aromatic heterocycles. The van der Waals surface area contributed by atoms with Gasteiger partial charge < -0.3 is 4.74 Å². The van der Waals surface area contributed by atoms with Crippen molar-refractivity contribution in [1.29, 1.82) is 0 Å². The SMILES string of the molecule is c1ccc2cc(OCCSc3nc4ncccn4n3)ccc2c1. The molecule has 4 aromatic rings. The summed E-state index contributed by atoms with van der Waals surface area (Å²) in [4.78, 5) is 8.50. The minimum atomic E-state index is 0.603. The van der Waals surface area contributed by atoms with E-state index in [1.807, 2.05) is 30.5 Å². The molecule has 0 unspecified atom stereocenters. The largest absolute Gasteiger partial charge is 0.493 e. The zero-order valence-electron chi connectivity index (χ0n) is 12.3. The Kier molecular flexibility index (Phi) is 3.81. The molecule has 0 spiro atoms. The maximum absolute atomic E-state index is 5.81. The van der Waals surface area contributed by atoms with Gasteiger partial charge in [0.1, 0.15) is 5.75 Å². The Morgan fingerprint density at radius 2 is 1.96 bits per heavy atom. The summed E-state index contributed by atoms with van der Waals surface area (Å²) in [5.41, 5.74) is 0. The molecule has 0 N–H and O–H groups in total. The van der Waals surface area contributed by atoms with Crippen LogP contribution in [0.3, 0.4) is 0 Å². The van der Waals surface area contributed by atoms with Crippen LogP contribution in [0.25, 0.3) is 16.6 Å². The van der Waals surface area contributed by atoms with Gasteiger partial charge in [-0.15, -0.1) is 5.10 Å². The molecule has 0 aliphatic rings. The van der Waals surface area contributed by atoms with Crippen LogP contribution in [0, 0.1) is 0 Å². The summed E-state index contributed by atoms with van der Waals surface area (Å²) >= 11 is 1.56. The van der Waals surface area contributed by atoms with E-state index in [0.717, 1.165) is 11.5 Å². The van der Waals surface area contributed by atoms with E-state index in [2.05, 4.69) is 39.3 Å². The molecule has 0 atom stereocenters. The number of hydrogen-bond acceptors (Lipinski definition) is 5. The summed E-state index contributed by atoms with van der Waals surface area (Å²) < 4.78 is 7.48. The predicted octanol–water partition coefficient (Wildman–Crippen LogP) is 3.45. The van der Waals surface area contributed by atoms with Gasteiger partial charge in [-0.05, 0) is 29.0 Å². The van der Waals surface area contributed by atoms with Crippen molar-refractivity contribution in [1.82, 2.24) is 19.6 Å². The molecule has 6 heteroatoms. The van der Waals surface area contributed by atoms with Crippen molar-refractivity contribution < 1.29 is 4.74 Å². The third-order valence-corrected chi connectivity index (χ3v) is 4.20. The summed E-state index contributed by atoms with van der Waals surface area (Å²) in [6.07, 6.45) is 3.55. The maximum atomic E-state index is 5.81. The summed E-state index contributed by atoms with van der Waals surface area (Å²) in [5.74, 6) is 2.28. The quantitative estimate of drug-likeness (QED) is 0.416. The zero-order chi connectivity index (χ0) is 15.5. The summed E-state index contributed by atoms with van der Waals surface area (Å²) in [6.45, 7) is 0.603. The van der Waals surface area contributed by atoms with Crippen molar-refractivity contribution in [3.8, 4) is 5.75 Å². The second kappa shape index (κ2) is 6.26. The van der Waals surface area contributed by atoms with Crippen molar-refractivity contribution >= 4 is 28.3 Å². The molecule has 0 amide bonds. The lowest BCUT2D eigenvalue weighted by molar-refractivity contribution is 0.344. The summed E-state index contributed by atoms with van der Waals surface area (Å²) in [7, 11) is 0. The van der Waals surface area contributed by atoms with E-state index in [-0.39, 0.29) is 0 Å². The van der Waals surface area contributed by atoms with Crippen LogP contribution >= 0.6 is 11.8 Å². The summed E-state index contributed by atoms with van der Waals surface area (Å²) in [6, 6.07) is 16.2. The van der Waals surface area contributed by atoms with E-state index in [1.165, 1.54) is 10.8 Å². The van der Waals surface area contributed by atoms with Crippen LogP contribution in [-0.2, 0) is 0 Å². The molecule has 4 rings (SSSR count). The van der Waals surface area contributed by atoms with Gasteiger partial charge in [0.05, 0.1) is 6.61 Å². The predicted molar refractivity (Wildman–Crippen MR) is 90.9 cm³/mol. The number of aromatic nitrogens is 4. The Hall–Kier alpha value is -2.60. The first-order chi connectivity index (χ1) is 11.4. The smallest absolute Gasteiger partial charge is 0.253 e. The number of thioether (sulfide) groups is 1. The Labute approximate surface area is 137 Å². The number of hydrogen-bond donors (Lipinski definition) is 0. The van der Waals surface area contributed by atoms with Gasteiger partial charge >= 0.3 is 0 Å². The van der Waals surface area contributed by atoms with Crippen molar-refractivity contribution in [2.45, 2.75) is 5.16 Å². The third-order valence-electron chi connectivity index (χ3n) is 3.40. The fourth-order valence-electron chi connectivity index (χ4n) is 2.32. The van der Waals surface area contributed by atoms with Crippen LogP contribution in [0.5, 0.6) is 5.75 Å². The van der Waals surface area contributed by atoms with Crippen LogP contribution in [-0.4, -0.2) is 31.9 Å². The Morgan fingerprint density at radius 3 is 2.87 bits per heavy atom. The van der Waals surface area contributed by atoms with Gasteiger partial charge in [0.15, 0.2) is 0 Å². The van der Waals surface area contributed by atoms with E-state index in [0.29, 0.717) is 17.5 Å². The minimum Gasteiger partial charge on any atom is -0.493 e. The van der Waals surface area contributed by atoms with E-state index in [9.17, 15) is 0 Å². The van der Waals surface area contributed by atoms with Gasteiger partial charge in [-0.25, -0.2) is 9.50 Å². The molecule has 0 saturated heterocycles. The lowest BCUT2D eigenvalue weighted by Crippen LogP contribution is -2.00. The lowest BCUT2D eigenvalue weighted by atomic mass is 10.1. The maximum Gasteiger partial charge on any atom is 0.253 e. The molecule has 2 heterocycles. The molecule has 0 radical (unpaired) electrons. The van der Waals surface area contributed by atoms with Gasteiger partial charge in [0.2, 0.25) is 5.16 Å². The number of rotatable bonds is 5. The molecule has 2 aromatic carbocycles. The van der Waals surface area contributed by atoms with Gasteiger partial charge in [0.25, 0.3) is 5.78 Å². The molecule has 5 nitrogen and oxygen atoms in total. The van der Waals surface area contributed by atoms with Crippen LogP contribution < -0.4 is 4.74 Å². The topological polar surface area (TPSA) is 52.3 Å². The summed E-state index contributed by atoms with van der Waals surface area (Å²) in [5, 5.41) is 7.47. The van der Waals surface area contributed by atoms with Crippen molar-refractivity contribution in [3.63, 3.8) is 0 Å². The zero-order valence-corrected chi connectivity index (χ0v) is 13.1. The fraction of sp³-hybridized carbons (Fsp3) is 0.118. The Morgan fingerprint density at radius 1 is 1.04 bits per heavy atom. The number of fused-ring (bicyclic) bond motifs is 2. The van der Waals surface area contributed by atoms with Gasteiger partial charge in [-0.1, -0.05) is 42.1 Å². The van der Waals surface area contributed by atoms with Crippen LogP contribution in [0.4, 0.5) is 0 Å². The van der Waals surface area contributed by atoms with Gasteiger partial charge in [-0.3, -0.25) is 0 Å². The second-order valence-electron chi connectivity index (χ2n) is 4.96. The average molecular weight is 322 g/mol. The molecular formula is C17H14N4OS. The van der Waals surface area contributed by atoms with Crippen molar-refractivity contribution in [2.75, 3.05) is 12.4 Å². The van der Waals surface area contributed by atoms with E-state index in [4.69, 9.17) is 4.74 Å². The lowest BCUT2D eigenvalue weighted by Gasteiger charge is -2.06. The Balaban J connectivity index is 1.35. The van der Waals surface area contributed by atoms with E-state index >= 15 is 0 Å². The van der Waals surface area contributed by atoms with Crippen molar-refractivity contribution in [3.05, 3.63) is 60.9 Å². The minimum absolute atomic E-state index is 0.603. The standard InChI is InChI=1S/C17H14N4OS/c1-2-5-14-12-15(7-6-13(14)4-1)22-10-11-23-17-19-16-18-8-3-9-21(16)20-17/h1-9,12H,10-11H2. The molecule has 0 bridgehead atoms. The number of ether oxygens (including phenoxy) is 1. The first-order valence-corrected chi connectivity index (χ1v) is 8.29. The highest BCUT2D eigenvalue weighted by Crippen LogP contribution is 2.21. The number of nitrogens with zero attached hydrogens (tertiary/aromatic N) is 4. The molecular weight excluding hydrogens is 308 g/mol. The molecule has 0 aliphatic carbocycles. The second-order valence-corrected chi connectivity index (χ2v) is 6.03. The fourth-order valence-corrected chi connectivity index (χ4v) is 2.97. The molecule has 23 heavy (non-hydrogen) atoms. The Bertz CT molecular complexity index is 920. The molecule has 0 aliphatic heterocycles. The normalized spacial score (nSPS) is 11.1. The van der Waals surface area contributed by atoms with Crippen LogP contribution in [0.1, 0.15) is 0 Å². The highest BCUT2D eigenvalue weighted by Gasteiger charge is 2.04.